The summed E-state index contributed by atoms with van der Waals surface area (Å²) < 4.78 is 2.31. The van der Waals surface area contributed by atoms with Crippen LogP contribution in [-0.2, 0) is 31.1 Å². The van der Waals surface area contributed by atoms with Crippen molar-refractivity contribution < 1.29 is 9.59 Å². The van der Waals surface area contributed by atoms with E-state index in [4.69, 9.17) is 0 Å². The smallest absolute Gasteiger partial charge is 0.247 e. The number of carbonyl (C=O) groups is 2. The van der Waals surface area contributed by atoms with Crippen LogP contribution < -0.4 is 10.2 Å². The van der Waals surface area contributed by atoms with Crippen LogP contribution in [0.5, 0.6) is 0 Å². The van der Waals surface area contributed by atoms with Gasteiger partial charge in [-0.3, -0.25) is 9.59 Å². The molecule has 2 fully saturated rings. The van der Waals surface area contributed by atoms with Gasteiger partial charge in [0.1, 0.15) is 5.54 Å². The molecule has 0 radical (unpaired) electrons. The minimum Gasteiger partial charge on any atom is -0.351 e. The summed E-state index contributed by atoms with van der Waals surface area (Å²) in [7, 11) is 2.14. The molecule has 1 unspecified atom stereocenters. The van der Waals surface area contributed by atoms with E-state index in [-0.39, 0.29) is 11.8 Å². The van der Waals surface area contributed by atoms with Crippen molar-refractivity contribution in [2.75, 3.05) is 31.2 Å². The molecular formula is C26H32N4O2. The van der Waals surface area contributed by atoms with Crippen molar-refractivity contribution in [3.05, 3.63) is 52.8 Å². The van der Waals surface area contributed by atoms with Crippen molar-refractivity contribution in [3.63, 3.8) is 0 Å². The second kappa shape index (κ2) is 7.48. The number of para-hydroxylation sites is 1. The molecule has 2 saturated heterocycles. The number of likely N-dealkylation sites (tertiary alicyclic amines) is 1. The molecule has 1 N–H and O–H groups in total. The molecule has 1 amide bonds. The summed E-state index contributed by atoms with van der Waals surface area (Å²) in [6.07, 6.45) is 6.93. The van der Waals surface area contributed by atoms with Crippen LogP contribution in [0.4, 0.5) is 5.69 Å². The Morgan fingerprint density at radius 3 is 2.59 bits per heavy atom. The van der Waals surface area contributed by atoms with E-state index < -0.39 is 5.54 Å². The molecule has 2 aliphatic carbocycles. The lowest BCUT2D eigenvalue weighted by atomic mass is 9.82. The second-order valence-electron chi connectivity index (χ2n) is 10.0. The number of hydrogen-bond acceptors (Lipinski definition) is 4. The van der Waals surface area contributed by atoms with Crippen LogP contribution >= 0.6 is 0 Å². The summed E-state index contributed by atoms with van der Waals surface area (Å²) in [5, 5.41) is 3.08. The largest absolute Gasteiger partial charge is 0.351 e. The van der Waals surface area contributed by atoms with Gasteiger partial charge in [0.05, 0.1) is 6.67 Å². The summed E-state index contributed by atoms with van der Waals surface area (Å²) in [4.78, 5) is 31.1. The summed E-state index contributed by atoms with van der Waals surface area (Å²) >= 11 is 0. The lowest BCUT2D eigenvalue weighted by molar-refractivity contribution is -0.125. The fraction of sp³-hybridized carbons (Fsp3) is 0.538. The first kappa shape index (κ1) is 20.0. The van der Waals surface area contributed by atoms with Gasteiger partial charge in [0.2, 0.25) is 5.91 Å². The summed E-state index contributed by atoms with van der Waals surface area (Å²) in [6.45, 7) is 3.12. The van der Waals surface area contributed by atoms with Gasteiger partial charge in [0.25, 0.3) is 0 Å². The first-order valence-corrected chi connectivity index (χ1v) is 12.2. The van der Waals surface area contributed by atoms with Gasteiger partial charge in [0.15, 0.2) is 5.78 Å². The van der Waals surface area contributed by atoms with Crippen molar-refractivity contribution in [2.24, 2.45) is 13.0 Å². The number of amides is 1. The van der Waals surface area contributed by atoms with Gasteiger partial charge in [-0.25, -0.2) is 0 Å². The number of ketones is 1. The third-order valence-electron chi connectivity index (χ3n) is 8.50. The van der Waals surface area contributed by atoms with E-state index in [1.807, 2.05) is 18.2 Å². The Morgan fingerprint density at radius 1 is 1.03 bits per heavy atom. The maximum atomic E-state index is 13.5. The lowest BCUT2D eigenvalue weighted by Crippen LogP contribution is -2.57. The molecule has 2 aliphatic heterocycles. The number of benzene rings is 1. The zero-order chi connectivity index (χ0) is 21.9. The normalized spacial score (nSPS) is 24.7. The highest BCUT2D eigenvalue weighted by molar-refractivity contribution is 6.02. The van der Waals surface area contributed by atoms with Gasteiger partial charge in [-0.05, 0) is 62.6 Å². The number of nitrogens with one attached hydrogen (secondary N) is 1. The van der Waals surface area contributed by atoms with Crippen molar-refractivity contribution >= 4 is 17.4 Å². The number of fused-ring (bicyclic) bond motifs is 3. The number of piperidine rings is 1. The molecule has 1 atom stereocenters. The standard InChI is InChI=1S/C26H32N4O2/c1-28-21-9-5-8-20(21)23-22(28)11-10-18(24(23)31)16-29-14-12-26(13-15-29)25(32)27-17-30(26)19-6-3-2-4-7-19/h2-4,6-7,18H,5,8-17H2,1H3,(H,27,32). The predicted molar refractivity (Wildman–Crippen MR) is 124 cm³/mol. The van der Waals surface area contributed by atoms with Crippen LogP contribution in [0.15, 0.2) is 30.3 Å². The fourth-order valence-corrected chi connectivity index (χ4v) is 6.73. The number of aromatic nitrogens is 1. The van der Waals surface area contributed by atoms with Gasteiger partial charge >= 0.3 is 0 Å². The molecule has 32 heavy (non-hydrogen) atoms. The minimum atomic E-state index is -0.456. The van der Waals surface area contributed by atoms with Crippen LogP contribution in [0.2, 0.25) is 0 Å². The molecule has 6 heteroatoms. The SMILES string of the molecule is Cn1c2c(c3c1CCC(CN1CCC4(CC1)C(=O)NCN4c1ccccc1)C3=O)CCC2. The van der Waals surface area contributed by atoms with Crippen molar-refractivity contribution in [1.29, 1.82) is 0 Å². The molecule has 4 aliphatic rings. The average Bonchev–Trinajstić information content (AvgIpc) is 3.48. The van der Waals surface area contributed by atoms with E-state index in [2.05, 4.69) is 38.9 Å². The Balaban J connectivity index is 1.16. The molecule has 6 nitrogen and oxygen atoms in total. The molecule has 3 heterocycles. The molecule has 1 spiro atoms. The molecule has 1 aromatic heterocycles. The highest BCUT2D eigenvalue weighted by Gasteiger charge is 2.50. The lowest BCUT2D eigenvalue weighted by Gasteiger charge is -2.44. The van der Waals surface area contributed by atoms with Crippen LogP contribution in [0.1, 0.15) is 53.0 Å². The van der Waals surface area contributed by atoms with Gasteiger partial charge in [-0.2, -0.15) is 0 Å². The Labute approximate surface area is 189 Å². The molecule has 0 saturated carbocycles. The Kier molecular flexibility index (Phi) is 4.68. The van der Waals surface area contributed by atoms with Crippen molar-refractivity contribution in [1.82, 2.24) is 14.8 Å². The molecule has 168 valence electrons. The van der Waals surface area contributed by atoms with Crippen molar-refractivity contribution in [3.8, 4) is 0 Å². The first-order valence-electron chi connectivity index (χ1n) is 12.2. The number of Topliss-reactive ketones (excluding diaryl/α,β-unsaturated/α-hetero) is 1. The maximum absolute atomic E-state index is 13.5. The number of anilines is 1. The van der Waals surface area contributed by atoms with Crippen LogP contribution in [0.3, 0.4) is 0 Å². The van der Waals surface area contributed by atoms with Gasteiger partial charge in [0, 0.05) is 55.2 Å². The molecule has 1 aromatic carbocycles. The summed E-state index contributed by atoms with van der Waals surface area (Å²) in [5.41, 5.74) is 5.73. The number of carbonyl (C=O) groups excluding carboxylic acids is 2. The predicted octanol–water partition coefficient (Wildman–Crippen LogP) is 2.69. The van der Waals surface area contributed by atoms with Gasteiger partial charge in [-0.1, -0.05) is 18.2 Å². The molecule has 6 rings (SSSR count). The number of nitrogens with zero attached hydrogens (tertiary/aromatic N) is 3. The van der Waals surface area contributed by atoms with E-state index in [0.29, 0.717) is 12.5 Å². The highest BCUT2D eigenvalue weighted by atomic mass is 16.2. The monoisotopic (exact) mass is 432 g/mol. The first-order chi connectivity index (χ1) is 15.6. The Morgan fingerprint density at radius 2 is 1.81 bits per heavy atom. The van der Waals surface area contributed by atoms with Crippen LogP contribution in [-0.4, -0.2) is 53.0 Å². The zero-order valence-corrected chi connectivity index (χ0v) is 18.9. The second-order valence-corrected chi connectivity index (χ2v) is 10.0. The van der Waals surface area contributed by atoms with Gasteiger partial charge in [-0.15, -0.1) is 0 Å². The van der Waals surface area contributed by atoms with Crippen molar-refractivity contribution in [2.45, 2.75) is 50.5 Å². The third-order valence-corrected chi connectivity index (χ3v) is 8.50. The Hall–Kier alpha value is -2.60. The number of rotatable bonds is 3. The van der Waals surface area contributed by atoms with E-state index in [1.54, 1.807) is 0 Å². The topological polar surface area (TPSA) is 57.6 Å². The van der Waals surface area contributed by atoms with E-state index >= 15 is 0 Å². The van der Waals surface area contributed by atoms with Crippen LogP contribution in [0.25, 0.3) is 0 Å². The molecule has 0 bridgehead atoms. The zero-order valence-electron chi connectivity index (χ0n) is 18.9. The maximum Gasteiger partial charge on any atom is 0.247 e. The minimum absolute atomic E-state index is 0.0891. The molecule has 2 aromatic rings. The number of hydrogen-bond donors (Lipinski definition) is 1. The quantitative estimate of drug-likeness (QED) is 0.810. The highest BCUT2D eigenvalue weighted by Crippen LogP contribution is 2.39. The van der Waals surface area contributed by atoms with Crippen LogP contribution in [0, 0.1) is 5.92 Å². The summed E-state index contributed by atoms with van der Waals surface area (Å²) in [5.74, 6) is 0.611. The molecular weight excluding hydrogens is 400 g/mol. The Bertz CT molecular complexity index is 1060. The van der Waals surface area contributed by atoms with E-state index in [0.717, 1.165) is 69.4 Å². The van der Waals surface area contributed by atoms with E-state index in [9.17, 15) is 9.59 Å². The van der Waals surface area contributed by atoms with E-state index in [1.165, 1.54) is 23.4 Å². The summed E-state index contributed by atoms with van der Waals surface area (Å²) in [6, 6.07) is 10.3. The van der Waals surface area contributed by atoms with Gasteiger partial charge < -0.3 is 19.7 Å². The third kappa shape index (κ3) is 2.88. The fourth-order valence-electron chi connectivity index (χ4n) is 6.73. The average molecular weight is 433 g/mol.